The number of alkyl carbamates (subject to hydrolysis) is 1. The molecule has 0 radical (unpaired) electrons. The van der Waals surface area contributed by atoms with Crippen LogP contribution in [-0.2, 0) is 14.2 Å². The second-order valence-corrected chi connectivity index (χ2v) is 12.2. The summed E-state index contributed by atoms with van der Waals surface area (Å²) in [5.41, 5.74) is -1.14. The first kappa shape index (κ1) is 30.7. The lowest BCUT2D eigenvalue weighted by Crippen LogP contribution is -2.57. The van der Waals surface area contributed by atoms with E-state index in [1.165, 1.54) is 6.20 Å². The number of rotatable bonds is 3. The van der Waals surface area contributed by atoms with E-state index < -0.39 is 41.1 Å². The molecule has 1 saturated heterocycles. The van der Waals surface area contributed by atoms with Gasteiger partial charge in [-0.2, -0.15) is 10.0 Å². The predicted molar refractivity (Wildman–Crippen MR) is 145 cm³/mol. The standard InChI is InChI=1S/C26H42N6O6/c1-16-14-31(15-17(20(16)30-27)29-21(33)36-24(2,3)4)18-11-12-28-13-19(18)32(22(34)37-25(5,6)7)23(35)38-26(8,9)10/h11-13,16-17H,14-15,27H2,1-10H3,(H,29,33)/b30-20+. The predicted octanol–water partition coefficient (Wildman–Crippen LogP) is 4.42. The molecule has 12 nitrogen and oxygen atoms in total. The van der Waals surface area contributed by atoms with Crippen LogP contribution in [0.4, 0.5) is 25.8 Å². The molecule has 0 saturated carbocycles. The number of carbonyl (C=O) groups excluding carboxylic acids is 3. The fourth-order valence-electron chi connectivity index (χ4n) is 3.84. The number of hydrazone groups is 1. The van der Waals surface area contributed by atoms with E-state index in [2.05, 4.69) is 15.4 Å². The van der Waals surface area contributed by atoms with Gasteiger partial charge in [-0.15, -0.1) is 0 Å². The van der Waals surface area contributed by atoms with Crippen LogP contribution >= 0.6 is 0 Å². The van der Waals surface area contributed by atoms with Gasteiger partial charge in [-0.3, -0.25) is 4.98 Å². The highest BCUT2D eigenvalue weighted by Gasteiger charge is 2.38. The second-order valence-electron chi connectivity index (χ2n) is 12.2. The zero-order chi connectivity index (χ0) is 29.1. The summed E-state index contributed by atoms with van der Waals surface area (Å²) in [5.74, 6) is 5.51. The van der Waals surface area contributed by atoms with Gasteiger partial charge in [0.2, 0.25) is 0 Å². The van der Waals surface area contributed by atoms with E-state index in [-0.39, 0.29) is 18.2 Å². The van der Waals surface area contributed by atoms with Crippen LogP contribution < -0.4 is 21.0 Å². The number of aromatic nitrogens is 1. The van der Waals surface area contributed by atoms with Crippen molar-refractivity contribution < 1.29 is 28.6 Å². The number of nitrogens with zero attached hydrogens (tertiary/aromatic N) is 4. The largest absolute Gasteiger partial charge is 0.444 e. The number of imide groups is 1. The number of hydrogen-bond acceptors (Lipinski definition) is 10. The highest BCUT2D eigenvalue weighted by Crippen LogP contribution is 2.33. The van der Waals surface area contributed by atoms with Crippen LogP contribution in [0.2, 0.25) is 0 Å². The number of amides is 3. The van der Waals surface area contributed by atoms with Crippen LogP contribution in [0.5, 0.6) is 0 Å². The minimum Gasteiger partial charge on any atom is -0.444 e. The average molecular weight is 535 g/mol. The summed E-state index contributed by atoms with van der Waals surface area (Å²) in [6, 6.07) is 1.09. The third-order valence-corrected chi connectivity index (χ3v) is 5.11. The summed E-state index contributed by atoms with van der Waals surface area (Å²) >= 11 is 0. The molecule has 2 unspecified atom stereocenters. The number of nitrogens with two attached hydrogens (primary N) is 1. The molecule has 2 rings (SSSR count). The highest BCUT2D eigenvalue weighted by molar-refractivity contribution is 6.11. The molecule has 1 aromatic rings. The molecule has 2 atom stereocenters. The molecule has 0 aliphatic carbocycles. The topological polar surface area (TPSA) is 149 Å². The summed E-state index contributed by atoms with van der Waals surface area (Å²) in [4.78, 5) is 46.0. The summed E-state index contributed by atoms with van der Waals surface area (Å²) in [7, 11) is 0. The molecule has 212 valence electrons. The van der Waals surface area contributed by atoms with Crippen molar-refractivity contribution in [3.63, 3.8) is 0 Å². The van der Waals surface area contributed by atoms with E-state index >= 15 is 0 Å². The lowest BCUT2D eigenvalue weighted by molar-refractivity contribution is 0.0428. The van der Waals surface area contributed by atoms with Crippen molar-refractivity contribution in [2.75, 3.05) is 22.9 Å². The summed E-state index contributed by atoms with van der Waals surface area (Å²) in [5, 5.41) is 6.77. The number of hydrogen-bond donors (Lipinski definition) is 2. The molecule has 38 heavy (non-hydrogen) atoms. The third kappa shape index (κ3) is 8.77. The number of anilines is 2. The molecule has 0 bridgehead atoms. The Morgan fingerprint density at radius 2 is 1.50 bits per heavy atom. The Kier molecular flexibility index (Phi) is 9.23. The van der Waals surface area contributed by atoms with Crippen molar-refractivity contribution in [2.45, 2.75) is 92.1 Å². The molecular formula is C26H42N6O6. The molecule has 1 aliphatic heterocycles. The summed E-state index contributed by atoms with van der Waals surface area (Å²) < 4.78 is 16.5. The Morgan fingerprint density at radius 3 is 1.97 bits per heavy atom. The van der Waals surface area contributed by atoms with Crippen molar-refractivity contribution in [2.24, 2.45) is 16.9 Å². The van der Waals surface area contributed by atoms with Crippen molar-refractivity contribution in [3.8, 4) is 0 Å². The van der Waals surface area contributed by atoms with Gasteiger partial charge in [-0.1, -0.05) is 6.92 Å². The molecule has 0 spiro atoms. The zero-order valence-electron chi connectivity index (χ0n) is 24.1. The van der Waals surface area contributed by atoms with E-state index in [4.69, 9.17) is 20.1 Å². The number of nitrogens with one attached hydrogen (secondary N) is 1. The van der Waals surface area contributed by atoms with Crippen LogP contribution in [0.1, 0.15) is 69.2 Å². The zero-order valence-corrected chi connectivity index (χ0v) is 24.1. The first-order valence-corrected chi connectivity index (χ1v) is 12.5. The normalized spacial score (nSPS) is 19.5. The van der Waals surface area contributed by atoms with E-state index in [9.17, 15) is 14.4 Å². The van der Waals surface area contributed by atoms with Gasteiger partial charge in [-0.25, -0.2) is 14.4 Å². The van der Waals surface area contributed by atoms with Crippen molar-refractivity contribution in [1.82, 2.24) is 10.3 Å². The Labute approximate surface area is 224 Å². The van der Waals surface area contributed by atoms with Gasteiger partial charge >= 0.3 is 18.3 Å². The van der Waals surface area contributed by atoms with Gasteiger partial charge in [0.1, 0.15) is 22.5 Å². The Bertz CT molecular complexity index is 1030. The molecule has 1 aromatic heterocycles. The van der Waals surface area contributed by atoms with Crippen molar-refractivity contribution >= 4 is 35.4 Å². The van der Waals surface area contributed by atoms with Crippen molar-refractivity contribution in [1.29, 1.82) is 0 Å². The number of piperidine rings is 1. The van der Waals surface area contributed by atoms with Crippen LogP contribution in [-0.4, -0.2) is 64.9 Å². The van der Waals surface area contributed by atoms with Gasteiger partial charge in [0, 0.05) is 25.2 Å². The quantitative estimate of drug-likeness (QED) is 0.326. The van der Waals surface area contributed by atoms with Crippen molar-refractivity contribution in [3.05, 3.63) is 18.5 Å². The van der Waals surface area contributed by atoms with E-state index in [0.29, 0.717) is 17.9 Å². The second kappa shape index (κ2) is 11.4. The maximum absolute atomic E-state index is 13.3. The number of carbonyl (C=O) groups is 3. The molecule has 0 aromatic carbocycles. The van der Waals surface area contributed by atoms with Gasteiger partial charge < -0.3 is 30.3 Å². The van der Waals surface area contributed by atoms with E-state index in [1.807, 2.05) is 11.8 Å². The molecule has 3 N–H and O–H groups in total. The highest BCUT2D eigenvalue weighted by atomic mass is 16.6. The Balaban J connectivity index is 2.50. The van der Waals surface area contributed by atoms with Gasteiger partial charge in [0.15, 0.2) is 0 Å². The maximum atomic E-state index is 13.3. The fourth-order valence-corrected chi connectivity index (χ4v) is 3.84. The van der Waals surface area contributed by atoms with E-state index in [0.717, 1.165) is 4.90 Å². The minimum absolute atomic E-state index is 0.173. The maximum Gasteiger partial charge on any atom is 0.424 e. The lowest BCUT2D eigenvalue weighted by atomic mass is 9.92. The first-order valence-electron chi connectivity index (χ1n) is 12.5. The van der Waals surface area contributed by atoms with Crippen LogP contribution in [0.15, 0.2) is 23.6 Å². The number of pyridine rings is 1. The average Bonchev–Trinajstić information content (AvgIpc) is 2.70. The molecule has 1 aliphatic rings. The van der Waals surface area contributed by atoms with Crippen LogP contribution in [0.25, 0.3) is 0 Å². The Hall–Kier alpha value is -3.57. The minimum atomic E-state index is -0.904. The van der Waals surface area contributed by atoms with E-state index in [1.54, 1.807) is 74.6 Å². The SMILES string of the molecule is CC1CN(c2ccncc2N(C(=O)OC(C)(C)C)C(=O)OC(C)(C)C)CC(NC(=O)OC(C)(C)C)/C1=N/N. The van der Waals surface area contributed by atoms with Gasteiger partial charge in [0.05, 0.1) is 23.6 Å². The molecule has 2 heterocycles. The molecule has 12 heteroatoms. The summed E-state index contributed by atoms with van der Waals surface area (Å²) in [6.07, 6.45) is 0.528. The molecular weight excluding hydrogens is 492 g/mol. The fraction of sp³-hybridized carbons (Fsp3) is 0.654. The summed E-state index contributed by atoms with van der Waals surface area (Å²) in [6.45, 7) is 18.1. The molecule has 1 fully saturated rings. The third-order valence-electron chi connectivity index (χ3n) is 5.11. The monoisotopic (exact) mass is 534 g/mol. The first-order chi connectivity index (χ1) is 17.3. The molecule has 3 amide bonds. The van der Waals surface area contributed by atoms with Crippen LogP contribution in [0, 0.1) is 5.92 Å². The Morgan fingerprint density at radius 1 is 0.974 bits per heavy atom. The van der Waals surface area contributed by atoms with Gasteiger partial charge in [0.25, 0.3) is 0 Å². The van der Waals surface area contributed by atoms with Gasteiger partial charge in [-0.05, 0) is 68.4 Å². The number of ether oxygens (including phenoxy) is 3. The smallest absolute Gasteiger partial charge is 0.424 e. The lowest BCUT2D eigenvalue weighted by Gasteiger charge is -2.40. The van der Waals surface area contributed by atoms with Crippen LogP contribution in [0.3, 0.4) is 0 Å².